The Labute approximate surface area is 135 Å². The molecule has 6 heteroatoms. The first-order chi connectivity index (χ1) is 9.93. The van der Waals surface area contributed by atoms with Gasteiger partial charge in [0.15, 0.2) is 8.32 Å². The molecule has 0 bridgehead atoms. The van der Waals surface area contributed by atoms with Crippen molar-refractivity contribution in [3.05, 3.63) is 12.2 Å². The first kappa shape index (κ1) is 16.9. The maximum atomic E-state index is 12.4. The van der Waals surface area contributed by atoms with E-state index in [0.29, 0.717) is 6.42 Å². The van der Waals surface area contributed by atoms with Crippen molar-refractivity contribution in [2.45, 2.75) is 68.3 Å². The van der Waals surface area contributed by atoms with Gasteiger partial charge in [0.25, 0.3) is 0 Å². The van der Waals surface area contributed by atoms with Crippen LogP contribution in [0.2, 0.25) is 18.1 Å². The van der Waals surface area contributed by atoms with Gasteiger partial charge in [-0.1, -0.05) is 42.8 Å². The third-order valence-electron chi connectivity index (χ3n) is 4.90. The molecule has 0 radical (unpaired) electrons. The van der Waals surface area contributed by atoms with Crippen molar-refractivity contribution in [1.82, 2.24) is 0 Å². The molecule has 3 atom stereocenters. The maximum absolute atomic E-state index is 12.4. The summed E-state index contributed by atoms with van der Waals surface area (Å²) in [6.45, 7) is 6.45. The van der Waals surface area contributed by atoms with Crippen LogP contribution >= 0.6 is 15.9 Å². The van der Waals surface area contributed by atoms with Gasteiger partial charge in [-0.05, 0) is 24.2 Å². The van der Waals surface area contributed by atoms with Crippen LogP contribution in [0.25, 0.3) is 0 Å². The molecule has 1 fully saturated rings. The highest BCUT2D eigenvalue weighted by atomic mass is 79.9. The predicted octanol–water partition coefficient (Wildman–Crippen LogP) is 3.36. The van der Waals surface area contributed by atoms with Crippen LogP contribution in [0, 0.1) is 0 Å². The van der Waals surface area contributed by atoms with Crippen molar-refractivity contribution >= 4 is 36.0 Å². The number of alkyl halides is 1. The highest BCUT2D eigenvalue weighted by molar-refractivity contribution is 9.09. The second-order valence-corrected chi connectivity index (χ2v) is 11.6. The largest absolute Gasteiger partial charge is 0.448 e. The Morgan fingerprint density at radius 1 is 1.33 bits per heavy atom. The topological polar surface area (TPSA) is 52.6 Å². The Bertz CT molecular complexity index is 452. The van der Waals surface area contributed by atoms with Crippen molar-refractivity contribution in [1.29, 1.82) is 0 Å². The van der Waals surface area contributed by atoms with Gasteiger partial charge in [0.1, 0.15) is 6.10 Å². The zero-order valence-electron chi connectivity index (χ0n) is 12.9. The van der Waals surface area contributed by atoms with Gasteiger partial charge in [0.05, 0.1) is 4.83 Å². The van der Waals surface area contributed by atoms with Gasteiger partial charge >= 0.3 is 5.97 Å². The minimum Gasteiger partial charge on any atom is -0.448 e. The number of hydrogen-bond acceptors (Lipinski definition) is 4. The predicted molar refractivity (Wildman–Crippen MR) is 87.0 cm³/mol. The Morgan fingerprint density at radius 2 is 1.95 bits per heavy atom. The number of halogens is 1. The van der Waals surface area contributed by atoms with Crippen molar-refractivity contribution < 1.29 is 18.8 Å². The van der Waals surface area contributed by atoms with Crippen LogP contribution in [0.15, 0.2) is 12.2 Å². The van der Waals surface area contributed by atoms with Gasteiger partial charge < -0.3 is 9.16 Å². The zero-order valence-corrected chi connectivity index (χ0v) is 15.4. The minimum absolute atomic E-state index is 0.0994. The Kier molecular flexibility index (Phi) is 5.10. The maximum Gasteiger partial charge on any atom is 0.307 e. The van der Waals surface area contributed by atoms with Gasteiger partial charge in [-0.3, -0.25) is 9.59 Å². The molecule has 1 saturated heterocycles. The SMILES string of the molecule is CC[Si](CC)(CC)O[C@@H]1C(Br)C=CC(=O)[C@]12CCC(=O)O2. The lowest BCUT2D eigenvalue weighted by molar-refractivity contribution is -0.165. The smallest absolute Gasteiger partial charge is 0.307 e. The van der Waals surface area contributed by atoms with Crippen molar-refractivity contribution in [3.63, 3.8) is 0 Å². The lowest BCUT2D eigenvalue weighted by Crippen LogP contribution is -2.59. The van der Waals surface area contributed by atoms with E-state index in [0.717, 1.165) is 18.1 Å². The van der Waals surface area contributed by atoms with E-state index in [9.17, 15) is 9.59 Å². The summed E-state index contributed by atoms with van der Waals surface area (Å²) in [5, 5.41) is 0. The molecule has 118 valence electrons. The van der Waals surface area contributed by atoms with Gasteiger partial charge in [-0.2, -0.15) is 0 Å². The number of rotatable bonds is 5. The molecule has 1 aliphatic carbocycles. The number of ether oxygens (including phenoxy) is 1. The number of carbonyl (C=O) groups is 2. The van der Waals surface area contributed by atoms with E-state index < -0.39 is 20.0 Å². The van der Waals surface area contributed by atoms with E-state index in [1.165, 1.54) is 6.08 Å². The van der Waals surface area contributed by atoms with Gasteiger partial charge in [-0.15, -0.1) is 0 Å². The highest BCUT2D eigenvalue weighted by Crippen LogP contribution is 2.42. The van der Waals surface area contributed by atoms with E-state index >= 15 is 0 Å². The molecule has 0 saturated carbocycles. The molecule has 4 nitrogen and oxygen atoms in total. The molecule has 0 aromatic heterocycles. The molecule has 1 heterocycles. The molecule has 21 heavy (non-hydrogen) atoms. The van der Waals surface area contributed by atoms with E-state index in [2.05, 4.69) is 36.7 Å². The van der Waals surface area contributed by atoms with Crippen molar-refractivity contribution in [3.8, 4) is 0 Å². The van der Waals surface area contributed by atoms with Gasteiger partial charge in [-0.25, -0.2) is 0 Å². The van der Waals surface area contributed by atoms with Crippen LogP contribution in [-0.2, 0) is 18.8 Å². The highest BCUT2D eigenvalue weighted by Gasteiger charge is 2.57. The van der Waals surface area contributed by atoms with Crippen LogP contribution in [-0.4, -0.2) is 36.6 Å². The summed E-state index contributed by atoms with van der Waals surface area (Å²) >= 11 is 3.59. The summed E-state index contributed by atoms with van der Waals surface area (Å²) in [5.41, 5.74) is -1.11. The molecule has 2 aliphatic rings. The molecular formula is C15H23BrO4Si. The second kappa shape index (κ2) is 6.34. The lowest BCUT2D eigenvalue weighted by atomic mass is 9.83. The van der Waals surface area contributed by atoms with Crippen molar-refractivity contribution in [2.75, 3.05) is 0 Å². The summed E-state index contributed by atoms with van der Waals surface area (Å²) in [6, 6.07) is 2.99. The summed E-state index contributed by atoms with van der Waals surface area (Å²) in [5.74, 6) is -0.441. The summed E-state index contributed by atoms with van der Waals surface area (Å²) in [6.07, 6.45) is 3.63. The zero-order chi connectivity index (χ0) is 15.7. The molecule has 0 aromatic carbocycles. The molecule has 1 spiro atoms. The molecule has 0 N–H and O–H groups in total. The van der Waals surface area contributed by atoms with Crippen LogP contribution in [0.3, 0.4) is 0 Å². The first-order valence-electron chi connectivity index (χ1n) is 7.69. The van der Waals surface area contributed by atoms with Crippen LogP contribution in [0.5, 0.6) is 0 Å². The minimum atomic E-state index is -1.90. The van der Waals surface area contributed by atoms with Crippen LogP contribution in [0.1, 0.15) is 33.6 Å². The molecule has 2 rings (SSSR count). The Morgan fingerprint density at radius 3 is 2.43 bits per heavy atom. The van der Waals surface area contributed by atoms with E-state index in [1.807, 2.05) is 6.08 Å². The molecular weight excluding hydrogens is 352 g/mol. The average Bonchev–Trinajstić information content (AvgIpc) is 2.88. The Balaban J connectivity index is 2.36. The third-order valence-corrected chi connectivity index (χ3v) is 10.3. The Hall–Kier alpha value is -0.463. The summed E-state index contributed by atoms with van der Waals surface area (Å²) in [4.78, 5) is 24.0. The van der Waals surface area contributed by atoms with Gasteiger partial charge in [0.2, 0.25) is 11.4 Å². The fourth-order valence-corrected chi connectivity index (χ4v) is 6.98. The summed E-state index contributed by atoms with van der Waals surface area (Å²) in [7, 11) is -1.90. The van der Waals surface area contributed by atoms with E-state index in [4.69, 9.17) is 9.16 Å². The molecule has 0 amide bonds. The number of carbonyl (C=O) groups excluding carboxylic acids is 2. The quantitative estimate of drug-likeness (QED) is 0.420. The normalized spacial score (nSPS) is 32.8. The molecule has 0 aromatic rings. The fourth-order valence-electron chi connectivity index (χ4n) is 3.22. The number of esters is 1. The van der Waals surface area contributed by atoms with E-state index in [1.54, 1.807) is 0 Å². The first-order valence-corrected chi connectivity index (χ1v) is 11.1. The number of ketones is 1. The standard InChI is InChI=1S/C15H23BrO4Si/c1-4-21(5-2,6-3)20-14-11(16)7-8-12(17)15(14)10-9-13(18)19-15/h7-8,11,14H,4-6,9-10H2,1-3H3/t11?,14-,15-/m1/s1. The van der Waals surface area contributed by atoms with Crippen LogP contribution < -0.4 is 0 Å². The van der Waals surface area contributed by atoms with Crippen molar-refractivity contribution in [2.24, 2.45) is 0 Å². The fraction of sp³-hybridized carbons (Fsp3) is 0.733. The van der Waals surface area contributed by atoms with Gasteiger partial charge in [0, 0.05) is 12.8 Å². The molecule has 1 unspecified atom stereocenters. The monoisotopic (exact) mass is 374 g/mol. The summed E-state index contributed by atoms with van der Waals surface area (Å²) < 4.78 is 12.0. The third kappa shape index (κ3) is 2.90. The van der Waals surface area contributed by atoms with Crippen LogP contribution in [0.4, 0.5) is 0 Å². The second-order valence-electron chi connectivity index (χ2n) is 5.81. The number of hydrogen-bond donors (Lipinski definition) is 0. The van der Waals surface area contributed by atoms with E-state index in [-0.39, 0.29) is 23.0 Å². The molecule has 1 aliphatic heterocycles. The average molecular weight is 375 g/mol. The lowest BCUT2D eigenvalue weighted by Gasteiger charge is -2.43.